The first kappa shape index (κ1) is 10.8. The Labute approximate surface area is 85.6 Å². The van der Waals surface area contributed by atoms with Gasteiger partial charge in [-0.1, -0.05) is 0 Å². The van der Waals surface area contributed by atoms with E-state index in [9.17, 15) is 0 Å². The summed E-state index contributed by atoms with van der Waals surface area (Å²) in [5.74, 6) is 0. The van der Waals surface area contributed by atoms with Gasteiger partial charge in [0, 0.05) is 0 Å². The molecule has 0 amide bonds. The van der Waals surface area contributed by atoms with Gasteiger partial charge in [0.15, 0.2) is 0 Å². The molecule has 0 radical (unpaired) electrons. The Bertz CT molecular complexity index is 239. The molecule has 1 aliphatic rings. The first-order valence-electron chi connectivity index (χ1n) is 4.79. The third-order valence-corrected chi connectivity index (χ3v) is 9.00. The molecule has 1 aliphatic carbocycles. The van der Waals surface area contributed by atoms with E-state index in [4.69, 9.17) is 0 Å². The molecule has 0 atom stereocenters. The Morgan fingerprint density at radius 1 is 0.692 bits per heavy atom. The van der Waals surface area contributed by atoms with Crippen LogP contribution >= 0.6 is 0 Å². The fourth-order valence-corrected chi connectivity index (χ4v) is 5.20. The van der Waals surface area contributed by atoms with Crippen molar-refractivity contribution in [2.24, 2.45) is 0 Å². The van der Waals surface area contributed by atoms with Gasteiger partial charge >= 0.3 is 85.7 Å². The number of allylic oxidation sites excluding steroid dienone is 8. The van der Waals surface area contributed by atoms with Crippen molar-refractivity contribution >= 4 is 18.4 Å². The van der Waals surface area contributed by atoms with E-state index in [1.165, 1.54) is 0 Å². The van der Waals surface area contributed by atoms with E-state index < -0.39 is 18.4 Å². The van der Waals surface area contributed by atoms with Crippen molar-refractivity contribution in [2.75, 3.05) is 0 Å². The number of rotatable bonds is 1. The molecule has 0 aromatic rings. The molecule has 0 aliphatic heterocycles. The van der Waals surface area contributed by atoms with Crippen LogP contribution in [0.5, 0.6) is 0 Å². The van der Waals surface area contributed by atoms with Gasteiger partial charge in [0.25, 0.3) is 0 Å². The van der Waals surface area contributed by atoms with Gasteiger partial charge in [0.1, 0.15) is 0 Å². The molecule has 0 aromatic heterocycles. The monoisotopic (exact) mass is 282 g/mol. The maximum absolute atomic E-state index is 2.47. The first-order valence-corrected chi connectivity index (χ1v) is 15.0. The summed E-state index contributed by atoms with van der Waals surface area (Å²) in [6, 6.07) is 0. The van der Waals surface area contributed by atoms with Gasteiger partial charge in [-0.05, 0) is 0 Å². The van der Waals surface area contributed by atoms with Crippen LogP contribution in [0.25, 0.3) is 0 Å². The standard InChI is InChI=1S/C9H9.3CH3.Sn/c1-2-4-6-8-9-7-5-3-1;;;;/h1-9H;3*1H3;/b2-1-,5-3-,6-4-,9-7-;;;;. The van der Waals surface area contributed by atoms with Gasteiger partial charge < -0.3 is 0 Å². The molecule has 0 unspecified atom stereocenters. The van der Waals surface area contributed by atoms with E-state index in [2.05, 4.69) is 63.4 Å². The zero-order valence-electron chi connectivity index (χ0n) is 8.70. The molecule has 1 rings (SSSR count). The van der Waals surface area contributed by atoms with Crippen molar-refractivity contribution in [3.63, 3.8) is 0 Å². The Balaban J connectivity index is 2.85. The van der Waals surface area contributed by atoms with Gasteiger partial charge in [0.2, 0.25) is 0 Å². The summed E-state index contributed by atoms with van der Waals surface area (Å²) < 4.78 is 0.724. The van der Waals surface area contributed by atoms with Crippen LogP contribution in [0.2, 0.25) is 18.8 Å². The fourth-order valence-electron chi connectivity index (χ4n) is 1.27. The molecule has 0 bridgehead atoms. The number of hydrogen-bond donors (Lipinski definition) is 0. The average molecular weight is 281 g/mol. The third-order valence-electron chi connectivity index (χ3n) is 2.19. The van der Waals surface area contributed by atoms with Gasteiger partial charge in [-0.25, -0.2) is 0 Å². The van der Waals surface area contributed by atoms with Crippen molar-refractivity contribution in [1.82, 2.24) is 0 Å². The van der Waals surface area contributed by atoms with Crippen molar-refractivity contribution in [2.45, 2.75) is 18.8 Å². The van der Waals surface area contributed by atoms with Crippen molar-refractivity contribution < 1.29 is 0 Å². The Morgan fingerprint density at radius 2 is 1.08 bits per heavy atom. The van der Waals surface area contributed by atoms with Crippen LogP contribution in [-0.4, -0.2) is 18.4 Å². The number of hydrogen-bond acceptors (Lipinski definition) is 0. The van der Waals surface area contributed by atoms with Crippen LogP contribution in [0.4, 0.5) is 0 Å². The van der Waals surface area contributed by atoms with Crippen molar-refractivity contribution in [1.29, 1.82) is 0 Å². The zero-order chi connectivity index (χ0) is 9.73. The minimum atomic E-state index is -1.78. The van der Waals surface area contributed by atoms with E-state index in [0.717, 1.165) is 3.93 Å². The summed E-state index contributed by atoms with van der Waals surface area (Å²) in [5.41, 5.74) is 0. The van der Waals surface area contributed by atoms with E-state index in [-0.39, 0.29) is 0 Å². The van der Waals surface area contributed by atoms with Gasteiger partial charge in [-0.15, -0.1) is 0 Å². The second-order valence-corrected chi connectivity index (χ2v) is 19.8. The summed E-state index contributed by atoms with van der Waals surface area (Å²) in [6.07, 6.45) is 17.4. The molecule has 1 heteroatoms. The molecule has 0 heterocycles. The summed E-state index contributed by atoms with van der Waals surface area (Å²) in [4.78, 5) is 7.41. The molecule has 0 aromatic carbocycles. The van der Waals surface area contributed by atoms with E-state index in [1.54, 1.807) is 0 Å². The summed E-state index contributed by atoms with van der Waals surface area (Å²) in [7, 11) is 0. The van der Waals surface area contributed by atoms with Crippen LogP contribution in [0.3, 0.4) is 0 Å². The molecule has 0 N–H and O–H groups in total. The van der Waals surface area contributed by atoms with Crippen LogP contribution in [0, 0.1) is 0 Å². The van der Waals surface area contributed by atoms with Crippen molar-refractivity contribution in [3.05, 3.63) is 48.6 Å². The molecular formula is C12H18Sn. The second-order valence-electron chi connectivity index (χ2n) is 4.43. The summed E-state index contributed by atoms with van der Waals surface area (Å²) >= 11 is -1.78. The fraction of sp³-hybridized carbons (Fsp3) is 0.333. The topological polar surface area (TPSA) is 0 Å². The molecular weight excluding hydrogens is 263 g/mol. The molecule has 0 fully saturated rings. The van der Waals surface area contributed by atoms with Crippen LogP contribution in [0.15, 0.2) is 48.6 Å². The van der Waals surface area contributed by atoms with E-state index >= 15 is 0 Å². The SMILES string of the molecule is [CH3][Sn]([CH3])([CH3])[CH]1\C=C/C=C\C=C/C=C\1. The minimum absolute atomic E-state index is 0.724. The first-order chi connectivity index (χ1) is 6.11. The molecule has 0 saturated heterocycles. The van der Waals surface area contributed by atoms with Gasteiger partial charge in [-0.2, -0.15) is 0 Å². The third kappa shape index (κ3) is 3.99. The molecule has 13 heavy (non-hydrogen) atoms. The average Bonchev–Trinajstić information content (AvgIpc) is 2.14. The van der Waals surface area contributed by atoms with Crippen molar-refractivity contribution in [3.8, 4) is 0 Å². The van der Waals surface area contributed by atoms with Crippen LogP contribution in [-0.2, 0) is 0 Å². The quantitative estimate of drug-likeness (QED) is 0.639. The second kappa shape index (κ2) is 4.85. The normalized spacial score (nSPS) is 28.2. The van der Waals surface area contributed by atoms with Gasteiger partial charge in [-0.3, -0.25) is 0 Å². The zero-order valence-corrected chi connectivity index (χ0v) is 11.6. The molecule has 0 spiro atoms. The van der Waals surface area contributed by atoms with Crippen LogP contribution in [0.1, 0.15) is 0 Å². The van der Waals surface area contributed by atoms with E-state index in [1.807, 2.05) is 0 Å². The van der Waals surface area contributed by atoms with Gasteiger partial charge in [0.05, 0.1) is 0 Å². The predicted octanol–water partition coefficient (Wildman–Crippen LogP) is 3.93. The maximum atomic E-state index is 2.47. The summed E-state index contributed by atoms with van der Waals surface area (Å²) in [5, 5.41) is 0. The van der Waals surface area contributed by atoms with Crippen LogP contribution < -0.4 is 0 Å². The predicted molar refractivity (Wildman–Crippen MR) is 63.7 cm³/mol. The van der Waals surface area contributed by atoms with E-state index in [0.29, 0.717) is 0 Å². The Kier molecular flexibility index (Phi) is 4.04. The molecule has 0 saturated carbocycles. The molecule has 0 nitrogen and oxygen atoms in total. The summed E-state index contributed by atoms with van der Waals surface area (Å²) in [6.45, 7) is 0. The Morgan fingerprint density at radius 3 is 1.46 bits per heavy atom. The molecule has 70 valence electrons. The Hall–Kier alpha value is -0.241.